The summed E-state index contributed by atoms with van der Waals surface area (Å²) in [6, 6.07) is 5.31. The van der Waals surface area contributed by atoms with E-state index < -0.39 is 5.97 Å². The van der Waals surface area contributed by atoms with Crippen molar-refractivity contribution in [3.05, 3.63) is 28.8 Å². The van der Waals surface area contributed by atoms with Crippen LogP contribution in [0.25, 0.3) is 0 Å². The minimum Gasteiger partial charge on any atom is -0.478 e. The first kappa shape index (κ1) is 13.2. The monoisotopic (exact) mass is 267 g/mol. The van der Waals surface area contributed by atoms with Crippen molar-refractivity contribution >= 4 is 23.3 Å². The van der Waals surface area contributed by atoms with Crippen molar-refractivity contribution in [2.24, 2.45) is 0 Å². The van der Waals surface area contributed by atoms with E-state index in [1.807, 2.05) is 0 Å². The van der Waals surface area contributed by atoms with Crippen LogP contribution in [0.4, 0.5) is 5.69 Å². The lowest BCUT2D eigenvalue weighted by Crippen LogP contribution is -2.18. The third-order valence-electron chi connectivity index (χ3n) is 3.43. The van der Waals surface area contributed by atoms with Gasteiger partial charge in [-0.3, -0.25) is 0 Å². The van der Waals surface area contributed by atoms with Crippen LogP contribution in [0.2, 0.25) is 5.02 Å². The molecule has 0 spiro atoms. The van der Waals surface area contributed by atoms with Crippen LogP contribution in [0.5, 0.6) is 0 Å². The smallest absolute Gasteiger partial charge is 0.335 e. The molecule has 0 saturated heterocycles. The van der Waals surface area contributed by atoms with Gasteiger partial charge in [0.2, 0.25) is 0 Å². The van der Waals surface area contributed by atoms with Crippen LogP contribution in [-0.4, -0.2) is 17.1 Å². The Labute approximate surface area is 112 Å². The number of nitrogens with one attached hydrogen (secondary N) is 1. The molecule has 0 amide bonds. The van der Waals surface area contributed by atoms with Crippen LogP contribution in [0.1, 0.15) is 48.9 Å². The van der Waals surface area contributed by atoms with Crippen molar-refractivity contribution in [3.63, 3.8) is 0 Å². The maximum Gasteiger partial charge on any atom is 0.335 e. The van der Waals surface area contributed by atoms with Gasteiger partial charge in [0.15, 0.2) is 0 Å². The van der Waals surface area contributed by atoms with Gasteiger partial charge in [-0.1, -0.05) is 37.3 Å². The largest absolute Gasteiger partial charge is 0.478 e. The molecule has 0 unspecified atom stereocenters. The number of carbonyl (C=O) groups is 1. The molecular weight excluding hydrogens is 250 g/mol. The minimum atomic E-state index is -0.946. The molecule has 1 aliphatic carbocycles. The predicted octanol–water partition coefficient (Wildman–Crippen LogP) is 4.17. The van der Waals surface area contributed by atoms with Crippen LogP contribution >= 0.6 is 11.6 Å². The molecule has 1 fully saturated rings. The number of halogens is 1. The van der Waals surface area contributed by atoms with E-state index in [4.69, 9.17) is 16.7 Å². The lowest BCUT2D eigenvalue weighted by Gasteiger charge is -2.18. The molecule has 18 heavy (non-hydrogen) atoms. The van der Waals surface area contributed by atoms with Gasteiger partial charge in [-0.2, -0.15) is 0 Å². The average molecular weight is 268 g/mol. The van der Waals surface area contributed by atoms with Crippen LogP contribution in [0, 0.1) is 0 Å². The Morgan fingerprint density at radius 2 is 1.89 bits per heavy atom. The van der Waals surface area contributed by atoms with E-state index in [1.54, 1.807) is 12.1 Å². The first-order valence-electron chi connectivity index (χ1n) is 6.46. The van der Waals surface area contributed by atoms with E-state index in [1.165, 1.54) is 31.7 Å². The molecule has 0 heterocycles. The summed E-state index contributed by atoms with van der Waals surface area (Å²) in [6.07, 6.45) is 7.45. The highest BCUT2D eigenvalue weighted by molar-refractivity contribution is 6.33. The molecular formula is C14H18ClNO2. The zero-order chi connectivity index (χ0) is 13.0. The molecule has 1 saturated carbocycles. The third-order valence-corrected chi connectivity index (χ3v) is 3.74. The number of hydrogen-bond acceptors (Lipinski definition) is 2. The summed E-state index contributed by atoms with van der Waals surface area (Å²) in [5, 5.41) is 12.8. The fraction of sp³-hybridized carbons (Fsp3) is 0.500. The summed E-state index contributed by atoms with van der Waals surface area (Å²) in [5.41, 5.74) is 1.07. The summed E-state index contributed by atoms with van der Waals surface area (Å²) in [6.45, 7) is 0. The molecule has 1 aromatic rings. The lowest BCUT2D eigenvalue weighted by molar-refractivity contribution is 0.0697. The Morgan fingerprint density at radius 1 is 1.22 bits per heavy atom. The molecule has 0 aromatic heterocycles. The number of benzene rings is 1. The van der Waals surface area contributed by atoms with E-state index in [-0.39, 0.29) is 5.56 Å². The molecule has 4 heteroatoms. The second kappa shape index (κ2) is 6.10. The molecule has 2 N–H and O–H groups in total. The molecule has 1 aliphatic rings. The normalized spacial score (nSPS) is 17.2. The summed E-state index contributed by atoms with van der Waals surface area (Å²) < 4.78 is 0. The Balaban J connectivity index is 2.06. The summed E-state index contributed by atoms with van der Waals surface area (Å²) in [7, 11) is 0. The molecule has 0 atom stereocenters. The van der Waals surface area contributed by atoms with Crippen molar-refractivity contribution in [2.75, 3.05) is 5.32 Å². The summed E-state index contributed by atoms with van der Waals surface area (Å²) in [4.78, 5) is 10.8. The van der Waals surface area contributed by atoms with Gasteiger partial charge in [-0.05, 0) is 31.0 Å². The van der Waals surface area contributed by atoms with Crippen molar-refractivity contribution < 1.29 is 9.90 Å². The highest BCUT2D eigenvalue weighted by Gasteiger charge is 2.14. The van der Waals surface area contributed by atoms with E-state index in [2.05, 4.69) is 5.32 Å². The Morgan fingerprint density at radius 3 is 2.44 bits per heavy atom. The number of hydrogen-bond donors (Lipinski definition) is 2. The van der Waals surface area contributed by atoms with Gasteiger partial charge in [0.05, 0.1) is 16.3 Å². The van der Waals surface area contributed by atoms with E-state index >= 15 is 0 Å². The van der Waals surface area contributed by atoms with Crippen LogP contribution in [-0.2, 0) is 0 Å². The molecule has 2 rings (SSSR count). The van der Waals surface area contributed by atoms with Crippen LogP contribution in [0.15, 0.2) is 18.2 Å². The molecule has 0 radical (unpaired) electrons. The Hall–Kier alpha value is -1.22. The van der Waals surface area contributed by atoms with Crippen LogP contribution in [0.3, 0.4) is 0 Å². The van der Waals surface area contributed by atoms with Gasteiger partial charge < -0.3 is 10.4 Å². The number of carboxylic acid groups (broad SMARTS) is 1. The molecule has 0 aliphatic heterocycles. The number of carboxylic acids is 1. The van der Waals surface area contributed by atoms with Crippen molar-refractivity contribution in [3.8, 4) is 0 Å². The average Bonchev–Trinajstić information content (AvgIpc) is 2.60. The number of anilines is 1. The quantitative estimate of drug-likeness (QED) is 0.808. The topological polar surface area (TPSA) is 49.3 Å². The minimum absolute atomic E-state index is 0.228. The maximum atomic E-state index is 10.8. The lowest BCUT2D eigenvalue weighted by atomic mass is 10.1. The second-order valence-corrected chi connectivity index (χ2v) is 5.24. The Kier molecular flexibility index (Phi) is 4.48. The van der Waals surface area contributed by atoms with Crippen molar-refractivity contribution in [1.82, 2.24) is 0 Å². The van der Waals surface area contributed by atoms with E-state index in [0.717, 1.165) is 18.5 Å². The molecule has 98 valence electrons. The fourth-order valence-electron chi connectivity index (χ4n) is 2.41. The first-order valence-corrected chi connectivity index (χ1v) is 6.84. The number of rotatable bonds is 3. The van der Waals surface area contributed by atoms with Gasteiger partial charge >= 0.3 is 5.97 Å². The van der Waals surface area contributed by atoms with Gasteiger partial charge in [0, 0.05) is 6.04 Å². The SMILES string of the molecule is O=C(O)c1ccc(NC2CCCCCC2)c(Cl)c1. The van der Waals surface area contributed by atoms with Gasteiger partial charge in [-0.25, -0.2) is 4.79 Å². The molecule has 3 nitrogen and oxygen atoms in total. The van der Waals surface area contributed by atoms with Crippen LogP contribution < -0.4 is 5.32 Å². The predicted molar refractivity (Wildman–Crippen MR) is 73.5 cm³/mol. The molecule has 1 aromatic carbocycles. The summed E-state index contributed by atoms with van der Waals surface area (Å²) >= 11 is 6.11. The van der Waals surface area contributed by atoms with Gasteiger partial charge in [0.1, 0.15) is 0 Å². The standard InChI is InChI=1S/C14H18ClNO2/c15-12-9-10(14(17)18)7-8-13(12)16-11-5-3-1-2-4-6-11/h7-9,11,16H,1-6H2,(H,17,18). The number of aromatic carboxylic acids is 1. The van der Waals surface area contributed by atoms with Crippen molar-refractivity contribution in [1.29, 1.82) is 0 Å². The fourth-order valence-corrected chi connectivity index (χ4v) is 2.64. The zero-order valence-corrected chi connectivity index (χ0v) is 11.0. The maximum absolute atomic E-state index is 10.8. The third kappa shape index (κ3) is 3.39. The van der Waals surface area contributed by atoms with Gasteiger partial charge in [-0.15, -0.1) is 0 Å². The molecule has 0 bridgehead atoms. The first-order chi connectivity index (χ1) is 8.66. The highest BCUT2D eigenvalue weighted by Crippen LogP contribution is 2.27. The van der Waals surface area contributed by atoms with E-state index in [0.29, 0.717) is 11.1 Å². The second-order valence-electron chi connectivity index (χ2n) is 4.83. The van der Waals surface area contributed by atoms with Gasteiger partial charge in [0.25, 0.3) is 0 Å². The highest BCUT2D eigenvalue weighted by atomic mass is 35.5. The van der Waals surface area contributed by atoms with E-state index in [9.17, 15) is 4.79 Å². The van der Waals surface area contributed by atoms with Crippen molar-refractivity contribution in [2.45, 2.75) is 44.6 Å². The summed E-state index contributed by atoms with van der Waals surface area (Å²) in [5.74, 6) is -0.946. The zero-order valence-electron chi connectivity index (χ0n) is 10.3. The Bertz CT molecular complexity index is 426.